The molecule has 0 radical (unpaired) electrons. The normalized spacial score (nSPS) is 22.3. The van der Waals surface area contributed by atoms with Crippen molar-refractivity contribution in [2.75, 3.05) is 40.4 Å². The first kappa shape index (κ1) is 18.1. The fraction of sp³-hybridized carbons (Fsp3) is 0.684. The molecule has 0 aromatic carbocycles. The highest BCUT2D eigenvalue weighted by atomic mass is 16.5. The molecule has 1 spiro atoms. The zero-order chi connectivity index (χ0) is 17.7. The third kappa shape index (κ3) is 4.30. The van der Waals surface area contributed by atoms with E-state index in [1.807, 2.05) is 23.2 Å². The highest BCUT2D eigenvalue weighted by Crippen LogP contribution is 2.42. The van der Waals surface area contributed by atoms with Gasteiger partial charge in [0.2, 0.25) is 0 Å². The Morgan fingerprint density at radius 2 is 2.24 bits per heavy atom. The van der Waals surface area contributed by atoms with Crippen LogP contribution in [-0.4, -0.2) is 66.8 Å². The maximum atomic E-state index is 12.1. The second-order valence-corrected chi connectivity index (χ2v) is 7.27. The second-order valence-electron chi connectivity index (χ2n) is 7.27. The molecule has 0 unspecified atom stereocenters. The van der Waals surface area contributed by atoms with Gasteiger partial charge >= 0.3 is 6.03 Å². The summed E-state index contributed by atoms with van der Waals surface area (Å²) < 4.78 is 12.0. The van der Waals surface area contributed by atoms with Gasteiger partial charge in [-0.25, -0.2) is 4.79 Å². The van der Waals surface area contributed by atoms with E-state index in [-0.39, 0.29) is 11.6 Å². The average molecular weight is 347 g/mol. The van der Waals surface area contributed by atoms with E-state index in [0.717, 1.165) is 57.6 Å². The summed E-state index contributed by atoms with van der Waals surface area (Å²) in [6, 6.07) is 4.07. The van der Waals surface area contributed by atoms with E-state index in [0.29, 0.717) is 12.5 Å². The lowest BCUT2D eigenvalue weighted by atomic mass is 9.78. The zero-order valence-corrected chi connectivity index (χ0v) is 15.3. The Hall–Kier alpha value is -1.66. The average Bonchev–Trinajstić information content (AvgIpc) is 3.01. The van der Waals surface area contributed by atoms with Crippen LogP contribution in [0.4, 0.5) is 4.79 Å². The molecule has 138 valence electrons. The van der Waals surface area contributed by atoms with E-state index in [1.54, 1.807) is 25.2 Å². The number of hydrogen-bond acceptors (Lipinski definition) is 4. The van der Waals surface area contributed by atoms with Gasteiger partial charge in [0.15, 0.2) is 0 Å². The molecule has 0 bridgehead atoms. The van der Waals surface area contributed by atoms with Gasteiger partial charge in [-0.15, -0.1) is 0 Å². The largest absolute Gasteiger partial charge is 0.377 e. The topological polar surface area (TPSA) is 54.9 Å². The standard InChI is InChI=1S/C19H29N3O3/c1-21(2)18(23)22-10-7-19(8-11-22)17(6-13-25-19)5-12-24-15-16-4-3-9-20-14-16/h3-4,9,14,17H,5-8,10-13,15H2,1-2H3/t17-/m1/s1. The Bertz CT molecular complexity index is 556. The van der Waals surface area contributed by atoms with Gasteiger partial charge in [0.1, 0.15) is 0 Å². The maximum absolute atomic E-state index is 12.1. The van der Waals surface area contributed by atoms with Gasteiger partial charge in [-0.3, -0.25) is 4.98 Å². The fourth-order valence-corrected chi connectivity index (χ4v) is 4.00. The van der Waals surface area contributed by atoms with E-state index in [2.05, 4.69) is 4.98 Å². The summed E-state index contributed by atoms with van der Waals surface area (Å²) in [7, 11) is 3.61. The number of carbonyl (C=O) groups is 1. The van der Waals surface area contributed by atoms with Gasteiger partial charge in [-0.05, 0) is 43.2 Å². The monoisotopic (exact) mass is 347 g/mol. The Kier molecular flexibility index (Phi) is 5.91. The molecule has 0 N–H and O–H groups in total. The molecule has 2 saturated heterocycles. The van der Waals surface area contributed by atoms with Crippen LogP contribution in [0, 0.1) is 5.92 Å². The molecule has 1 aromatic rings. The molecule has 2 amide bonds. The summed E-state index contributed by atoms with van der Waals surface area (Å²) in [5.41, 5.74) is 1.05. The Morgan fingerprint density at radius 1 is 1.44 bits per heavy atom. The van der Waals surface area contributed by atoms with Crippen LogP contribution in [-0.2, 0) is 16.1 Å². The Labute approximate surface area is 150 Å². The number of carbonyl (C=O) groups excluding carboxylic acids is 1. The molecule has 3 rings (SSSR count). The highest BCUT2D eigenvalue weighted by molar-refractivity contribution is 5.73. The van der Waals surface area contributed by atoms with E-state index >= 15 is 0 Å². The van der Waals surface area contributed by atoms with E-state index in [1.165, 1.54) is 0 Å². The number of nitrogens with zero attached hydrogens (tertiary/aromatic N) is 3. The third-order valence-corrected chi connectivity index (χ3v) is 5.46. The van der Waals surface area contributed by atoms with Gasteiger partial charge < -0.3 is 19.3 Å². The molecule has 0 aliphatic carbocycles. The Morgan fingerprint density at radius 3 is 2.92 bits per heavy atom. The van der Waals surface area contributed by atoms with Crippen molar-refractivity contribution in [3.05, 3.63) is 30.1 Å². The number of aromatic nitrogens is 1. The van der Waals surface area contributed by atoms with Crippen LogP contribution in [0.2, 0.25) is 0 Å². The number of hydrogen-bond donors (Lipinski definition) is 0. The first-order valence-electron chi connectivity index (χ1n) is 9.17. The summed E-state index contributed by atoms with van der Waals surface area (Å²) in [6.07, 6.45) is 7.59. The van der Waals surface area contributed by atoms with Crippen LogP contribution < -0.4 is 0 Å². The minimum absolute atomic E-state index is 0.0548. The molecule has 0 saturated carbocycles. The quantitative estimate of drug-likeness (QED) is 0.768. The predicted molar refractivity (Wildman–Crippen MR) is 95.2 cm³/mol. The molecular formula is C19H29N3O3. The lowest BCUT2D eigenvalue weighted by molar-refractivity contribution is -0.0670. The summed E-state index contributed by atoms with van der Waals surface area (Å²) in [6.45, 7) is 3.74. The lowest BCUT2D eigenvalue weighted by Gasteiger charge is -2.42. The smallest absolute Gasteiger partial charge is 0.319 e. The van der Waals surface area contributed by atoms with Gasteiger partial charge in [0.25, 0.3) is 0 Å². The number of urea groups is 1. The molecule has 2 fully saturated rings. The van der Waals surface area contributed by atoms with Crippen LogP contribution in [0.5, 0.6) is 0 Å². The second kappa shape index (κ2) is 8.15. The van der Waals surface area contributed by atoms with Crippen molar-refractivity contribution < 1.29 is 14.3 Å². The first-order valence-corrected chi connectivity index (χ1v) is 9.17. The van der Waals surface area contributed by atoms with E-state index < -0.39 is 0 Å². The van der Waals surface area contributed by atoms with Crippen molar-refractivity contribution in [3.63, 3.8) is 0 Å². The van der Waals surface area contributed by atoms with Crippen LogP contribution in [0.3, 0.4) is 0 Å². The van der Waals surface area contributed by atoms with Crippen LogP contribution >= 0.6 is 0 Å². The predicted octanol–water partition coefficient (Wildman–Crippen LogP) is 2.54. The van der Waals surface area contributed by atoms with Crippen molar-refractivity contribution >= 4 is 6.03 Å². The van der Waals surface area contributed by atoms with Crippen molar-refractivity contribution in [2.45, 2.75) is 37.9 Å². The van der Waals surface area contributed by atoms with Gasteiger partial charge in [-0.1, -0.05) is 6.07 Å². The fourth-order valence-electron chi connectivity index (χ4n) is 4.00. The number of rotatable bonds is 5. The Balaban J connectivity index is 1.45. The summed E-state index contributed by atoms with van der Waals surface area (Å²) in [5.74, 6) is 0.526. The van der Waals surface area contributed by atoms with Crippen LogP contribution in [0.25, 0.3) is 0 Å². The van der Waals surface area contributed by atoms with Gasteiger partial charge in [-0.2, -0.15) is 0 Å². The minimum atomic E-state index is -0.0548. The number of ether oxygens (including phenoxy) is 2. The minimum Gasteiger partial charge on any atom is -0.377 e. The molecule has 3 heterocycles. The highest BCUT2D eigenvalue weighted by Gasteiger charge is 2.46. The van der Waals surface area contributed by atoms with E-state index in [9.17, 15) is 4.79 Å². The first-order chi connectivity index (χ1) is 12.1. The SMILES string of the molecule is CN(C)C(=O)N1CCC2(CC1)OCC[C@H]2CCOCc1cccnc1. The summed E-state index contributed by atoms with van der Waals surface area (Å²) >= 11 is 0. The van der Waals surface area contributed by atoms with Crippen molar-refractivity contribution in [1.82, 2.24) is 14.8 Å². The summed E-state index contributed by atoms with van der Waals surface area (Å²) in [4.78, 5) is 19.8. The molecule has 6 nitrogen and oxygen atoms in total. The van der Waals surface area contributed by atoms with Gasteiger partial charge in [0.05, 0.1) is 12.2 Å². The third-order valence-electron chi connectivity index (χ3n) is 5.46. The van der Waals surface area contributed by atoms with Crippen LogP contribution in [0.1, 0.15) is 31.2 Å². The van der Waals surface area contributed by atoms with Crippen molar-refractivity contribution in [1.29, 1.82) is 0 Å². The molecule has 2 aliphatic heterocycles. The lowest BCUT2D eigenvalue weighted by Crippen LogP contribution is -2.51. The van der Waals surface area contributed by atoms with Crippen LogP contribution in [0.15, 0.2) is 24.5 Å². The number of amides is 2. The number of piperidine rings is 1. The number of pyridine rings is 1. The van der Waals surface area contributed by atoms with Gasteiger partial charge in [0, 0.05) is 52.8 Å². The maximum Gasteiger partial charge on any atom is 0.319 e. The summed E-state index contributed by atoms with van der Waals surface area (Å²) in [5, 5.41) is 0. The number of likely N-dealkylation sites (tertiary alicyclic amines) is 1. The van der Waals surface area contributed by atoms with Crippen molar-refractivity contribution in [3.8, 4) is 0 Å². The molecule has 6 heteroatoms. The van der Waals surface area contributed by atoms with E-state index in [4.69, 9.17) is 9.47 Å². The molecule has 1 aromatic heterocycles. The molecule has 2 aliphatic rings. The van der Waals surface area contributed by atoms with Crippen molar-refractivity contribution in [2.24, 2.45) is 5.92 Å². The zero-order valence-electron chi connectivity index (χ0n) is 15.3. The molecule has 25 heavy (non-hydrogen) atoms. The molecular weight excluding hydrogens is 318 g/mol. The molecule has 1 atom stereocenters.